The molecule has 1 atom stereocenters. The molecule has 1 unspecified atom stereocenters. The lowest BCUT2D eigenvalue weighted by Crippen LogP contribution is -2.32. The van der Waals surface area contributed by atoms with E-state index in [0.29, 0.717) is 12.6 Å². The van der Waals surface area contributed by atoms with Crippen LogP contribution in [0.1, 0.15) is 24.4 Å². The van der Waals surface area contributed by atoms with Gasteiger partial charge in [-0.1, -0.05) is 12.1 Å². The zero-order chi connectivity index (χ0) is 13.1. The number of nitrogens with two attached hydrogens (primary N) is 1. The lowest BCUT2D eigenvalue weighted by molar-refractivity contribution is 0.240. The molecule has 0 aromatic heterocycles. The van der Waals surface area contributed by atoms with Gasteiger partial charge in [-0.05, 0) is 43.5 Å². The number of nitrogens with zero attached hydrogens (tertiary/aromatic N) is 2. The minimum absolute atomic E-state index is 0.349. The summed E-state index contributed by atoms with van der Waals surface area (Å²) in [5.74, 6) is 0.907. The van der Waals surface area contributed by atoms with Gasteiger partial charge in [0.25, 0.3) is 0 Å². The van der Waals surface area contributed by atoms with E-state index in [1.165, 1.54) is 30.6 Å². The Bertz CT molecular complexity index is 368. The molecule has 1 aliphatic carbocycles. The maximum Gasteiger partial charge on any atom is 0.0467 e. The van der Waals surface area contributed by atoms with Crippen LogP contribution < -0.4 is 10.6 Å². The van der Waals surface area contributed by atoms with Crippen molar-refractivity contribution in [1.29, 1.82) is 0 Å². The molecule has 2 rings (SSSR count). The van der Waals surface area contributed by atoms with Crippen LogP contribution in [0.15, 0.2) is 24.3 Å². The second-order valence-corrected chi connectivity index (χ2v) is 5.62. The number of likely N-dealkylation sites (N-methyl/N-ethyl adjacent to an activating group) is 1. The van der Waals surface area contributed by atoms with E-state index in [2.05, 4.69) is 55.2 Å². The summed E-state index contributed by atoms with van der Waals surface area (Å²) in [5.41, 5.74) is 8.51. The van der Waals surface area contributed by atoms with Crippen molar-refractivity contribution in [2.24, 2.45) is 11.7 Å². The van der Waals surface area contributed by atoms with Crippen molar-refractivity contribution in [3.8, 4) is 0 Å². The average Bonchev–Trinajstić information content (AvgIpc) is 3.14. The van der Waals surface area contributed by atoms with Crippen LogP contribution >= 0.6 is 0 Å². The topological polar surface area (TPSA) is 32.5 Å². The maximum absolute atomic E-state index is 5.95. The molecule has 1 aliphatic rings. The summed E-state index contributed by atoms with van der Waals surface area (Å²) in [6.07, 6.45) is 2.78. The second-order valence-electron chi connectivity index (χ2n) is 5.62. The van der Waals surface area contributed by atoms with Crippen molar-refractivity contribution in [3.63, 3.8) is 0 Å². The SMILES string of the molecule is CN(C)c1ccc(C(CN)N(C)CC2CC2)cc1. The highest BCUT2D eigenvalue weighted by atomic mass is 15.1. The van der Waals surface area contributed by atoms with Gasteiger partial charge < -0.3 is 10.6 Å². The van der Waals surface area contributed by atoms with Gasteiger partial charge in [0, 0.05) is 38.9 Å². The fourth-order valence-electron chi connectivity index (χ4n) is 2.40. The molecule has 0 bridgehead atoms. The molecule has 100 valence electrons. The minimum Gasteiger partial charge on any atom is -0.378 e. The van der Waals surface area contributed by atoms with Crippen LogP contribution in [0.2, 0.25) is 0 Å². The van der Waals surface area contributed by atoms with E-state index >= 15 is 0 Å². The van der Waals surface area contributed by atoms with Gasteiger partial charge in [0.2, 0.25) is 0 Å². The molecule has 0 saturated heterocycles. The third-order valence-corrected chi connectivity index (χ3v) is 3.79. The molecule has 0 spiro atoms. The van der Waals surface area contributed by atoms with Gasteiger partial charge in [-0.2, -0.15) is 0 Å². The van der Waals surface area contributed by atoms with Gasteiger partial charge in [0.15, 0.2) is 0 Å². The summed E-state index contributed by atoms with van der Waals surface area (Å²) in [6, 6.07) is 9.10. The molecule has 2 N–H and O–H groups in total. The van der Waals surface area contributed by atoms with E-state index in [1.54, 1.807) is 0 Å². The van der Waals surface area contributed by atoms with Gasteiger partial charge in [-0.3, -0.25) is 4.90 Å². The van der Waals surface area contributed by atoms with Crippen LogP contribution in [0.5, 0.6) is 0 Å². The Morgan fingerprint density at radius 3 is 2.22 bits per heavy atom. The molecule has 1 aromatic carbocycles. The molecular formula is C15H25N3. The Balaban J connectivity index is 2.05. The van der Waals surface area contributed by atoms with Gasteiger partial charge in [0.1, 0.15) is 0 Å². The summed E-state index contributed by atoms with van der Waals surface area (Å²) >= 11 is 0. The first kappa shape index (κ1) is 13.4. The van der Waals surface area contributed by atoms with Crippen molar-refractivity contribution in [1.82, 2.24) is 4.90 Å². The van der Waals surface area contributed by atoms with Crippen LogP contribution in [0.25, 0.3) is 0 Å². The average molecular weight is 247 g/mol. The molecule has 0 heterocycles. The molecule has 1 fully saturated rings. The standard InChI is InChI=1S/C15H25N3/c1-17(2)14-8-6-13(7-9-14)15(10-16)18(3)11-12-4-5-12/h6-9,12,15H,4-5,10-11,16H2,1-3H3. The zero-order valence-electron chi connectivity index (χ0n) is 11.8. The van der Waals surface area contributed by atoms with Crippen molar-refractivity contribution in [3.05, 3.63) is 29.8 Å². The number of hydrogen-bond donors (Lipinski definition) is 1. The molecule has 18 heavy (non-hydrogen) atoms. The Morgan fingerprint density at radius 2 is 1.78 bits per heavy atom. The van der Waals surface area contributed by atoms with Gasteiger partial charge >= 0.3 is 0 Å². The third kappa shape index (κ3) is 3.24. The molecular weight excluding hydrogens is 222 g/mol. The first-order valence-corrected chi connectivity index (χ1v) is 6.79. The molecule has 0 aliphatic heterocycles. The van der Waals surface area contributed by atoms with Crippen molar-refractivity contribution >= 4 is 5.69 Å². The molecule has 3 heteroatoms. The lowest BCUT2D eigenvalue weighted by Gasteiger charge is -2.27. The highest BCUT2D eigenvalue weighted by Gasteiger charge is 2.26. The van der Waals surface area contributed by atoms with E-state index in [9.17, 15) is 0 Å². The van der Waals surface area contributed by atoms with Crippen molar-refractivity contribution < 1.29 is 0 Å². The molecule has 0 radical (unpaired) electrons. The summed E-state index contributed by atoms with van der Waals surface area (Å²) in [5, 5.41) is 0. The highest BCUT2D eigenvalue weighted by molar-refractivity contribution is 5.46. The summed E-state index contributed by atoms with van der Waals surface area (Å²) in [7, 11) is 6.32. The predicted molar refractivity (Wildman–Crippen MR) is 77.9 cm³/mol. The van der Waals surface area contributed by atoms with Crippen LogP contribution in [-0.2, 0) is 0 Å². The van der Waals surface area contributed by atoms with Gasteiger partial charge in [0.05, 0.1) is 0 Å². The normalized spacial score (nSPS) is 16.9. The predicted octanol–water partition coefficient (Wildman–Crippen LogP) is 2.09. The summed E-state index contributed by atoms with van der Waals surface area (Å²) < 4.78 is 0. The first-order chi connectivity index (χ1) is 8.61. The van der Waals surface area contributed by atoms with Crippen LogP contribution in [0.3, 0.4) is 0 Å². The van der Waals surface area contributed by atoms with E-state index in [0.717, 1.165) is 5.92 Å². The lowest BCUT2D eigenvalue weighted by atomic mass is 10.0. The van der Waals surface area contributed by atoms with Crippen molar-refractivity contribution in [2.75, 3.05) is 39.1 Å². The molecule has 3 nitrogen and oxygen atoms in total. The number of anilines is 1. The first-order valence-electron chi connectivity index (χ1n) is 6.79. The van der Waals surface area contributed by atoms with Crippen LogP contribution in [-0.4, -0.2) is 39.1 Å². The van der Waals surface area contributed by atoms with Crippen molar-refractivity contribution in [2.45, 2.75) is 18.9 Å². The Hall–Kier alpha value is -1.06. The largest absolute Gasteiger partial charge is 0.378 e. The minimum atomic E-state index is 0.349. The molecule has 1 saturated carbocycles. The van der Waals surface area contributed by atoms with E-state index in [1.807, 2.05) is 0 Å². The van der Waals surface area contributed by atoms with E-state index in [-0.39, 0.29) is 0 Å². The monoisotopic (exact) mass is 247 g/mol. The van der Waals surface area contributed by atoms with Crippen LogP contribution in [0.4, 0.5) is 5.69 Å². The third-order valence-electron chi connectivity index (χ3n) is 3.79. The Morgan fingerprint density at radius 1 is 1.17 bits per heavy atom. The van der Waals surface area contributed by atoms with E-state index in [4.69, 9.17) is 5.73 Å². The second kappa shape index (κ2) is 5.72. The van der Waals surface area contributed by atoms with Gasteiger partial charge in [-0.15, -0.1) is 0 Å². The highest BCUT2D eigenvalue weighted by Crippen LogP contribution is 2.32. The number of benzene rings is 1. The molecule has 1 aromatic rings. The zero-order valence-corrected chi connectivity index (χ0v) is 11.8. The summed E-state index contributed by atoms with van der Waals surface area (Å²) in [4.78, 5) is 4.53. The fraction of sp³-hybridized carbons (Fsp3) is 0.600. The van der Waals surface area contributed by atoms with Gasteiger partial charge in [-0.25, -0.2) is 0 Å². The fourth-order valence-corrected chi connectivity index (χ4v) is 2.40. The number of rotatable bonds is 6. The summed E-state index contributed by atoms with van der Waals surface area (Å²) in [6.45, 7) is 1.86. The Labute approximate surface area is 111 Å². The van der Waals surface area contributed by atoms with E-state index < -0.39 is 0 Å². The maximum atomic E-state index is 5.95. The Kier molecular flexibility index (Phi) is 4.25. The van der Waals surface area contributed by atoms with Crippen LogP contribution in [0, 0.1) is 5.92 Å². The molecule has 0 amide bonds. The number of hydrogen-bond acceptors (Lipinski definition) is 3. The smallest absolute Gasteiger partial charge is 0.0467 e. The quantitative estimate of drug-likeness (QED) is 0.835.